The molecule has 2 nitrogen and oxygen atoms in total. The quantitative estimate of drug-likeness (QED) is 0.757. The molecule has 1 aromatic carbocycles. The Morgan fingerprint density at radius 3 is 2.79 bits per heavy atom. The third-order valence-electron chi connectivity index (χ3n) is 4.57. The van der Waals surface area contributed by atoms with Crippen LogP contribution in [0.1, 0.15) is 40.0 Å². The van der Waals surface area contributed by atoms with Crippen molar-refractivity contribution in [1.29, 1.82) is 0 Å². The largest absolute Gasteiger partial charge is 0.486 e. The summed E-state index contributed by atoms with van der Waals surface area (Å²) < 4.78 is 19.3. The zero-order valence-electron chi connectivity index (χ0n) is 11.9. The molecular formula is C16H22FNO. The van der Waals surface area contributed by atoms with Gasteiger partial charge in [0.1, 0.15) is 17.7 Å². The first-order valence-corrected chi connectivity index (χ1v) is 7.16. The first-order chi connectivity index (χ1) is 8.93. The molecule has 0 amide bonds. The molecule has 1 N–H and O–H groups in total. The van der Waals surface area contributed by atoms with E-state index >= 15 is 0 Å². The van der Waals surface area contributed by atoms with Crippen molar-refractivity contribution in [2.75, 3.05) is 5.32 Å². The van der Waals surface area contributed by atoms with Gasteiger partial charge in [-0.1, -0.05) is 20.8 Å². The molecule has 1 fully saturated rings. The van der Waals surface area contributed by atoms with Gasteiger partial charge in [-0.05, 0) is 42.7 Å². The van der Waals surface area contributed by atoms with E-state index in [-0.39, 0.29) is 11.9 Å². The molecule has 0 spiro atoms. The summed E-state index contributed by atoms with van der Waals surface area (Å²) in [6.45, 7) is 6.90. The Labute approximate surface area is 114 Å². The molecule has 3 rings (SSSR count). The molecular weight excluding hydrogens is 241 g/mol. The van der Waals surface area contributed by atoms with Crippen molar-refractivity contribution in [2.24, 2.45) is 11.3 Å². The highest BCUT2D eigenvalue weighted by atomic mass is 19.1. The Bertz CT molecular complexity index is 480. The first kappa shape index (κ1) is 12.8. The summed E-state index contributed by atoms with van der Waals surface area (Å²) in [5.41, 5.74) is 1.13. The van der Waals surface area contributed by atoms with Gasteiger partial charge in [0.05, 0.1) is 11.7 Å². The Balaban J connectivity index is 1.80. The van der Waals surface area contributed by atoms with Crippen LogP contribution in [0.25, 0.3) is 0 Å². The van der Waals surface area contributed by atoms with Crippen LogP contribution in [-0.2, 0) is 0 Å². The van der Waals surface area contributed by atoms with Crippen molar-refractivity contribution in [3.8, 4) is 5.75 Å². The molecule has 19 heavy (non-hydrogen) atoms. The summed E-state index contributed by atoms with van der Waals surface area (Å²) in [5.74, 6) is 1.27. The van der Waals surface area contributed by atoms with E-state index in [0.29, 0.717) is 17.4 Å². The Kier molecular flexibility index (Phi) is 2.95. The van der Waals surface area contributed by atoms with Gasteiger partial charge in [-0.3, -0.25) is 0 Å². The van der Waals surface area contributed by atoms with Crippen molar-refractivity contribution in [2.45, 2.75) is 52.2 Å². The predicted octanol–water partition coefficient (Wildman–Crippen LogP) is 4.21. The van der Waals surface area contributed by atoms with Crippen molar-refractivity contribution >= 4 is 5.69 Å². The number of anilines is 1. The molecule has 3 unspecified atom stereocenters. The third kappa shape index (κ3) is 2.43. The van der Waals surface area contributed by atoms with Gasteiger partial charge in [0.25, 0.3) is 0 Å². The lowest BCUT2D eigenvalue weighted by Gasteiger charge is -2.44. The summed E-state index contributed by atoms with van der Waals surface area (Å²) in [6, 6.07) is 5.03. The summed E-state index contributed by atoms with van der Waals surface area (Å²) in [5, 5.41) is 3.48. The van der Waals surface area contributed by atoms with Crippen LogP contribution in [0.15, 0.2) is 18.2 Å². The maximum Gasteiger partial charge on any atom is 0.143 e. The van der Waals surface area contributed by atoms with Gasteiger partial charge in [0, 0.05) is 6.07 Å². The van der Waals surface area contributed by atoms with Crippen LogP contribution in [0.4, 0.5) is 10.1 Å². The van der Waals surface area contributed by atoms with Gasteiger partial charge in [-0.15, -0.1) is 0 Å². The van der Waals surface area contributed by atoms with Crippen LogP contribution >= 0.6 is 0 Å². The van der Waals surface area contributed by atoms with Crippen LogP contribution in [0, 0.1) is 17.2 Å². The first-order valence-electron chi connectivity index (χ1n) is 7.16. The predicted molar refractivity (Wildman–Crippen MR) is 75.0 cm³/mol. The van der Waals surface area contributed by atoms with E-state index in [0.717, 1.165) is 24.3 Å². The van der Waals surface area contributed by atoms with Gasteiger partial charge >= 0.3 is 0 Å². The van der Waals surface area contributed by atoms with E-state index < -0.39 is 0 Å². The van der Waals surface area contributed by atoms with Gasteiger partial charge in [0.2, 0.25) is 0 Å². The van der Waals surface area contributed by atoms with E-state index in [1.54, 1.807) is 6.07 Å². The van der Waals surface area contributed by atoms with Crippen molar-refractivity contribution in [3.05, 3.63) is 24.0 Å². The van der Waals surface area contributed by atoms with E-state index in [1.165, 1.54) is 18.6 Å². The average molecular weight is 263 g/mol. The van der Waals surface area contributed by atoms with Crippen LogP contribution in [0.2, 0.25) is 0 Å². The van der Waals surface area contributed by atoms with Gasteiger partial charge in [-0.2, -0.15) is 0 Å². The second kappa shape index (κ2) is 4.39. The second-order valence-corrected chi connectivity index (χ2v) is 6.92. The van der Waals surface area contributed by atoms with Crippen molar-refractivity contribution < 1.29 is 9.13 Å². The molecule has 0 radical (unpaired) electrons. The number of fused-ring (bicyclic) bond motifs is 2. The number of nitrogens with one attached hydrogen (secondary N) is 1. The summed E-state index contributed by atoms with van der Waals surface area (Å²) in [6.07, 6.45) is 3.63. The summed E-state index contributed by atoms with van der Waals surface area (Å²) >= 11 is 0. The van der Waals surface area contributed by atoms with E-state index in [2.05, 4.69) is 26.1 Å². The molecule has 0 saturated heterocycles. The highest BCUT2D eigenvalue weighted by molar-refractivity contribution is 5.59. The molecule has 1 aliphatic carbocycles. The highest BCUT2D eigenvalue weighted by Gasteiger charge is 2.39. The minimum atomic E-state index is -0.212. The van der Waals surface area contributed by atoms with Crippen LogP contribution in [0.3, 0.4) is 0 Å². The summed E-state index contributed by atoms with van der Waals surface area (Å²) in [7, 11) is 0. The minimum absolute atomic E-state index is 0.212. The molecule has 1 aromatic rings. The lowest BCUT2D eigenvalue weighted by atomic mass is 9.70. The Morgan fingerprint density at radius 1 is 1.26 bits per heavy atom. The van der Waals surface area contributed by atoms with Crippen LogP contribution in [0.5, 0.6) is 5.75 Å². The van der Waals surface area contributed by atoms with E-state index in [9.17, 15) is 4.39 Å². The average Bonchev–Trinajstić information content (AvgIpc) is 2.34. The Hall–Kier alpha value is -1.25. The molecule has 3 heteroatoms. The fraction of sp³-hybridized carbons (Fsp3) is 0.625. The molecule has 2 aliphatic rings. The number of rotatable bonds is 0. The minimum Gasteiger partial charge on any atom is -0.486 e. The number of ether oxygens (including phenoxy) is 1. The van der Waals surface area contributed by atoms with Crippen molar-refractivity contribution in [1.82, 2.24) is 0 Å². The number of hydrogen-bond donors (Lipinski definition) is 1. The lowest BCUT2D eigenvalue weighted by molar-refractivity contribution is 0.0699. The monoisotopic (exact) mass is 263 g/mol. The SMILES string of the molecule is CC(C)(C)C1CCC2Oc3ccc(F)cc3NC2C1. The lowest BCUT2D eigenvalue weighted by Crippen LogP contribution is -2.47. The third-order valence-corrected chi connectivity index (χ3v) is 4.57. The maximum atomic E-state index is 13.3. The standard InChI is InChI=1S/C16H22FNO/c1-16(2,3)10-4-6-14-12(8-10)18-13-9-11(17)5-7-15(13)19-14/h5,7,9-10,12,14,18H,4,6,8H2,1-3H3. The van der Waals surface area contributed by atoms with E-state index in [1.807, 2.05) is 0 Å². The fourth-order valence-corrected chi connectivity index (χ4v) is 3.30. The molecule has 1 aliphatic heterocycles. The molecule has 3 atom stereocenters. The molecule has 1 saturated carbocycles. The van der Waals surface area contributed by atoms with Crippen LogP contribution < -0.4 is 10.1 Å². The van der Waals surface area contributed by atoms with Crippen LogP contribution in [-0.4, -0.2) is 12.1 Å². The molecule has 104 valence electrons. The molecule has 1 heterocycles. The fourth-order valence-electron chi connectivity index (χ4n) is 3.30. The number of halogens is 1. The van der Waals surface area contributed by atoms with Gasteiger partial charge in [-0.25, -0.2) is 4.39 Å². The highest BCUT2D eigenvalue weighted by Crippen LogP contribution is 2.43. The van der Waals surface area contributed by atoms with Crippen molar-refractivity contribution in [3.63, 3.8) is 0 Å². The normalized spacial score (nSPS) is 29.8. The number of hydrogen-bond acceptors (Lipinski definition) is 2. The molecule has 0 bridgehead atoms. The second-order valence-electron chi connectivity index (χ2n) is 6.92. The smallest absolute Gasteiger partial charge is 0.143 e. The zero-order valence-corrected chi connectivity index (χ0v) is 11.9. The Morgan fingerprint density at radius 2 is 2.05 bits per heavy atom. The van der Waals surface area contributed by atoms with E-state index in [4.69, 9.17) is 4.74 Å². The molecule has 0 aromatic heterocycles. The van der Waals surface area contributed by atoms with Gasteiger partial charge in [0.15, 0.2) is 0 Å². The topological polar surface area (TPSA) is 21.3 Å². The summed E-state index contributed by atoms with van der Waals surface area (Å²) in [4.78, 5) is 0. The zero-order chi connectivity index (χ0) is 13.6. The maximum absolute atomic E-state index is 13.3. The number of benzene rings is 1. The van der Waals surface area contributed by atoms with Gasteiger partial charge < -0.3 is 10.1 Å².